The molecule has 23 heavy (non-hydrogen) atoms. The summed E-state index contributed by atoms with van der Waals surface area (Å²) in [7, 11) is 2.04. The average Bonchev–Trinajstić information content (AvgIpc) is 3.34. The number of nitrogens with zero attached hydrogens (tertiary/aromatic N) is 2. The van der Waals surface area contributed by atoms with Gasteiger partial charge >= 0.3 is 0 Å². The van der Waals surface area contributed by atoms with Gasteiger partial charge in [-0.2, -0.15) is 0 Å². The van der Waals surface area contributed by atoms with Crippen LogP contribution in [0.5, 0.6) is 0 Å². The highest BCUT2D eigenvalue weighted by Gasteiger charge is 2.49. The summed E-state index contributed by atoms with van der Waals surface area (Å²) in [5, 5.41) is 2.74. The molecule has 5 nitrogen and oxygen atoms in total. The normalized spacial score (nSPS) is 24.3. The highest BCUT2D eigenvalue weighted by molar-refractivity contribution is 5.92. The SMILES string of the molecule is CN1CCN(C(=O)C2CC2C(=O)NCc2ccccc2F)CC1. The van der Waals surface area contributed by atoms with Crippen LogP contribution in [-0.2, 0) is 16.1 Å². The minimum Gasteiger partial charge on any atom is -0.352 e. The molecule has 1 aliphatic carbocycles. The van der Waals surface area contributed by atoms with Gasteiger partial charge in [-0.25, -0.2) is 4.39 Å². The van der Waals surface area contributed by atoms with E-state index in [9.17, 15) is 14.0 Å². The number of hydrogen-bond donors (Lipinski definition) is 1. The number of piperazine rings is 1. The van der Waals surface area contributed by atoms with Crippen molar-refractivity contribution in [2.45, 2.75) is 13.0 Å². The predicted octanol–water partition coefficient (Wildman–Crippen LogP) is 0.852. The molecule has 3 rings (SSSR count). The first kappa shape index (κ1) is 15.9. The summed E-state index contributed by atoms with van der Waals surface area (Å²) in [4.78, 5) is 28.6. The molecule has 1 heterocycles. The van der Waals surface area contributed by atoms with Crippen molar-refractivity contribution >= 4 is 11.8 Å². The van der Waals surface area contributed by atoms with Gasteiger partial charge < -0.3 is 15.1 Å². The number of carbonyl (C=O) groups excluding carboxylic acids is 2. The molecule has 2 aliphatic rings. The van der Waals surface area contributed by atoms with Crippen LogP contribution in [0.2, 0.25) is 0 Å². The lowest BCUT2D eigenvalue weighted by molar-refractivity contribution is -0.136. The Bertz CT molecular complexity index is 599. The monoisotopic (exact) mass is 319 g/mol. The Kier molecular flexibility index (Phi) is 4.61. The molecule has 2 unspecified atom stereocenters. The third kappa shape index (κ3) is 3.69. The first-order chi connectivity index (χ1) is 11.1. The van der Waals surface area contributed by atoms with Crippen LogP contribution in [0.25, 0.3) is 0 Å². The van der Waals surface area contributed by atoms with Crippen molar-refractivity contribution in [3.8, 4) is 0 Å². The molecule has 0 aromatic heterocycles. The molecule has 6 heteroatoms. The van der Waals surface area contributed by atoms with E-state index in [-0.39, 0.29) is 36.0 Å². The van der Waals surface area contributed by atoms with Crippen molar-refractivity contribution in [1.29, 1.82) is 0 Å². The van der Waals surface area contributed by atoms with Crippen molar-refractivity contribution in [2.75, 3.05) is 33.2 Å². The Hall–Kier alpha value is -1.95. The van der Waals surface area contributed by atoms with E-state index in [2.05, 4.69) is 10.2 Å². The zero-order valence-corrected chi connectivity index (χ0v) is 13.3. The number of halogens is 1. The molecule has 0 radical (unpaired) electrons. The van der Waals surface area contributed by atoms with Gasteiger partial charge in [-0.05, 0) is 19.5 Å². The van der Waals surface area contributed by atoms with Crippen molar-refractivity contribution in [2.24, 2.45) is 11.8 Å². The van der Waals surface area contributed by atoms with Crippen molar-refractivity contribution in [3.63, 3.8) is 0 Å². The van der Waals surface area contributed by atoms with Crippen LogP contribution in [0, 0.1) is 17.7 Å². The van der Waals surface area contributed by atoms with Crippen LogP contribution in [0.1, 0.15) is 12.0 Å². The Balaban J connectivity index is 1.47. The molecular formula is C17H22FN3O2. The Morgan fingerprint density at radius 2 is 1.87 bits per heavy atom. The maximum atomic E-state index is 13.5. The van der Waals surface area contributed by atoms with Crippen molar-refractivity contribution < 1.29 is 14.0 Å². The molecule has 2 fully saturated rings. The molecule has 1 aromatic rings. The van der Waals surface area contributed by atoms with E-state index in [4.69, 9.17) is 0 Å². The molecule has 124 valence electrons. The summed E-state index contributed by atoms with van der Waals surface area (Å²) in [6.45, 7) is 3.38. The van der Waals surface area contributed by atoms with E-state index in [0.29, 0.717) is 12.0 Å². The second-order valence-electron chi connectivity index (χ2n) is 6.39. The van der Waals surface area contributed by atoms with Gasteiger partial charge in [0.2, 0.25) is 11.8 Å². The summed E-state index contributed by atoms with van der Waals surface area (Å²) in [5.41, 5.74) is 0.462. The van der Waals surface area contributed by atoms with Crippen LogP contribution < -0.4 is 5.32 Å². The Labute approximate surface area is 135 Å². The zero-order valence-electron chi connectivity index (χ0n) is 13.3. The average molecular weight is 319 g/mol. The fourth-order valence-corrected chi connectivity index (χ4v) is 2.97. The second-order valence-corrected chi connectivity index (χ2v) is 6.39. The Morgan fingerprint density at radius 1 is 1.17 bits per heavy atom. The Morgan fingerprint density at radius 3 is 2.57 bits per heavy atom. The quantitative estimate of drug-likeness (QED) is 0.895. The topological polar surface area (TPSA) is 52.7 Å². The van der Waals surface area contributed by atoms with Crippen LogP contribution in [-0.4, -0.2) is 54.8 Å². The third-order valence-electron chi connectivity index (χ3n) is 4.67. The maximum absolute atomic E-state index is 13.5. The lowest BCUT2D eigenvalue weighted by Crippen LogP contribution is -2.48. The molecule has 2 atom stereocenters. The van der Waals surface area contributed by atoms with E-state index in [1.807, 2.05) is 11.9 Å². The third-order valence-corrected chi connectivity index (χ3v) is 4.67. The fourth-order valence-electron chi connectivity index (χ4n) is 2.97. The molecule has 1 N–H and O–H groups in total. The van der Waals surface area contributed by atoms with Gasteiger partial charge in [-0.3, -0.25) is 9.59 Å². The maximum Gasteiger partial charge on any atom is 0.226 e. The molecular weight excluding hydrogens is 297 g/mol. The lowest BCUT2D eigenvalue weighted by atomic mass is 10.2. The number of amides is 2. The largest absolute Gasteiger partial charge is 0.352 e. The molecule has 1 aliphatic heterocycles. The molecule has 2 amide bonds. The molecule has 0 bridgehead atoms. The van der Waals surface area contributed by atoms with Crippen molar-refractivity contribution in [3.05, 3.63) is 35.6 Å². The van der Waals surface area contributed by atoms with Crippen LogP contribution in [0.4, 0.5) is 4.39 Å². The smallest absolute Gasteiger partial charge is 0.226 e. The minimum atomic E-state index is -0.325. The van der Waals surface area contributed by atoms with Gasteiger partial charge in [-0.15, -0.1) is 0 Å². The number of nitrogens with one attached hydrogen (secondary N) is 1. The van der Waals surface area contributed by atoms with E-state index in [1.165, 1.54) is 6.07 Å². The summed E-state index contributed by atoms with van der Waals surface area (Å²) in [5.74, 6) is -0.841. The van der Waals surface area contributed by atoms with Crippen LogP contribution in [0.3, 0.4) is 0 Å². The highest BCUT2D eigenvalue weighted by atomic mass is 19.1. The lowest BCUT2D eigenvalue weighted by Gasteiger charge is -2.32. The number of carbonyl (C=O) groups is 2. The summed E-state index contributed by atoms with van der Waals surface area (Å²) < 4.78 is 13.5. The first-order valence-electron chi connectivity index (χ1n) is 8.04. The molecule has 1 saturated heterocycles. The van der Waals surface area contributed by atoms with E-state index in [1.54, 1.807) is 18.2 Å². The number of likely N-dealkylation sites (N-methyl/N-ethyl adjacent to an activating group) is 1. The van der Waals surface area contributed by atoms with Gasteiger partial charge in [-0.1, -0.05) is 18.2 Å². The standard InChI is InChI=1S/C17H22FN3O2/c1-20-6-8-21(9-7-20)17(23)14-10-13(14)16(22)19-11-12-4-2-3-5-15(12)18/h2-5,13-14H,6-11H2,1H3,(H,19,22). The second kappa shape index (κ2) is 6.66. The van der Waals surface area contributed by atoms with Gasteiger partial charge in [0, 0.05) is 38.3 Å². The summed E-state index contributed by atoms with van der Waals surface area (Å²) in [6.07, 6.45) is 0.605. The van der Waals surface area contributed by atoms with Gasteiger partial charge in [0.15, 0.2) is 0 Å². The van der Waals surface area contributed by atoms with Gasteiger partial charge in [0.1, 0.15) is 5.82 Å². The number of rotatable bonds is 4. The minimum absolute atomic E-state index is 0.0872. The molecule has 1 aromatic carbocycles. The van der Waals surface area contributed by atoms with Gasteiger partial charge in [0.05, 0.1) is 11.8 Å². The summed E-state index contributed by atoms with van der Waals surface area (Å²) >= 11 is 0. The van der Waals surface area contributed by atoms with Crippen molar-refractivity contribution in [1.82, 2.24) is 15.1 Å². The first-order valence-corrected chi connectivity index (χ1v) is 8.04. The van der Waals surface area contributed by atoms with Gasteiger partial charge in [0.25, 0.3) is 0 Å². The predicted molar refractivity (Wildman–Crippen MR) is 83.9 cm³/mol. The van der Waals surface area contributed by atoms with E-state index in [0.717, 1.165) is 26.2 Å². The molecule has 1 saturated carbocycles. The zero-order chi connectivity index (χ0) is 16.4. The molecule has 0 spiro atoms. The highest BCUT2D eigenvalue weighted by Crippen LogP contribution is 2.40. The van der Waals surface area contributed by atoms with E-state index >= 15 is 0 Å². The van der Waals surface area contributed by atoms with Crippen LogP contribution >= 0.6 is 0 Å². The summed E-state index contributed by atoms with van der Waals surface area (Å²) in [6, 6.07) is 6.38. The fraction of sp³-hybridized carbons (Fsp3) is 0.529. The number of benzene rings is 1. The van der Waals surface area contributed by atoms with E-state index < -0.39 is 0 Å². The number of hydrogen-bond acceptors (Lipinski definition) is 3. The van der Waals surface area contributed by atoms with Crippen LogP contribution in [0.15, 0.2) is 24.3 Å².